The van der Waals surface area contributed by atoms with Crippen molar-refractivity contribution in [3.63, 3.8) is 0 Å². The maximum atomic E-state index is 12.9. The van der Waals surface area contributed by atoms with Crippen LogP contribution in [0, 0.1) is 5.82 Å². The first kappa shape index (κ1) is 20.6. The molecule has 1 aromatic carbocycles. The molecule has 0 fully saturated rings. The highest BCUT2D eigenvalue weighted by Gasteiger charge is 2.37. The summed E-state index contributed by atoms with van der Waals surface area (Å²) >= 11 is 0.620. The molecule has 1 amide bonds. The first-order valence-electron chi connectivity index (χ1n) is 7.50. The molecule has 0 saturated heterocycles. The monoisotopic (exact) mass is 436 g/mol. The van der Waals surface area contributed by atoms with Gasteiger partial charge in [-0.3, -0.25) is 10.1 Å². The molecule has 2 heterocycles. The molecule has 0 aliphatic heterocycles. The van der Waals surface area contributed by atoms with Gasteiger partial charge in [0.25, 0.3) is 5.91 Å². The van der Waals surface area contributed by atoms with Crippen molar-refractivity contribution in [3.8, 4) is 11.5 Å². The van der Waals surface area contributed by atoms with Crippen molar-refractivity contribution >= 4 is 22.6 Å². The molecule has 3 rings (SSSR count). The molecule has 0 radical (unpaired) electrons. The van der Waals surface area contributed by atoms with Crippen LogP contribution in [0.4, 0.5) is 35.9 Å². The zero-order chi connectivity index (χ0) is 21.4. The highest BCUT2D eigenvalue weighted by Crippen LogP contribution is 2.36. The highest BCUT2D eigenvalue weighted by atomic mass is 32.1. The molecule has 0 bridgehead atoms. The number of rotatable bonds is 3. The van der Waals surface area contributed by atoms with E-state index in [4.69, 9.17) is 0 Å². The number of nitrogens with zero attached hydrogens (tertiary/aromatic N) is 3. The number of hydrogen-bond acceptors (Lipinski definition) is 5. The molecule has 3 aromatic rings. The number of pyridine rings is 1. The zero-order valence-corrected chi connectivity index (χ0v) is 14.6. The lowest BCUT2D eigenvalue weighted by molar-refractivity contribution is -0.143. The summed E-state index contributed by atoms with van der Waals surface area (Å²) in [5, 5.41) is 1.89. The number of carbonyl (C=O) groups is 1. The highest BCUT2D eigenvalue weighted by molar-refractivity contribution is 7.10. The minimum Gasteiger partial charge on any atom is -0.297 e. The number of hydrogen-bond donors (Lipinski definition) is 1. The summed E-state index contributed by atoms with van der Waals surface area (Å²) in [6, 6.07) is 2.86. The third-order valence-electron chi connectivity index (χ3n) is 3.45. The van der Waals surface area contributed by atoms with E-state index in [0.29, 0.717) is 23.7 Å². The van der Waals surface area contributed by atoms with Crippen LogP contribution in [0.5, 0.6) is 0 Å². The smallest absolute Gasteiger partial charge is 0.297 e. The second kappa shape index (κ2) is 7.39. The lowest BCUT2D eigenvalue weighted by atomic mass is 10.0. The van der Waals surface area contributed by atoms with E-state index in [-0.39, 0.29) is 22.7 Å². The van der Waals surface area contributed by atoms with Crippen LogP contribution in [0.2, 0.25) is 0 Å². The predicted molar refractivity (Wildman–Crippen MR) is 87.5 cm³/mol. The summed E-state index contributed by atoms with van der Waals surface area (Å²) < 4.78 is 94.1. The number of halogens is 7. The molecule has 0 spiro atoms. The Balaban J connectivity index is 1.88. The van der Waals surface area contributed by atoms with Crippen LogP contribution in [0.3, 0.4) is 0 Å². The Labute approximate surface area is 161 Å². The summed E-state index contributed by atoms with van der Waals surface area (Å²) in [5.74, 6) is -1.86. The Morgan fingerprint density at radius 1 is 0.966 bits per heavy atom. The fourth-order valence-electron chi connectivity index (χ4n) is 2.14. The molecule has 0 aliphatic carbocycles. The third-order valence-corrected chi connectivity index (χ3v) is 4.08. The lowest BCUT2D eigenvalue weighted by Gasteiger charge is -2.13. The van der Waals surface area contributed by atoms with Crippen molar-refractivity contribution in [1.82, 2.24) is 14.3 Å². The van der Waals surface area contributed by atoms with Gasteiger partial charge in [0.2, 0.25) is 5.13 Å². The summed E-state index contributed by atoms with van der Waals surface area (Å²) in [6.07, 6.45) is -9.27. The van der Waals surface area contributed by atoms with E-state index in [9.17, 15) is 35.5 Å². The minimum absolute atomic E-state index is 0.00896. The number of amides is 1. The van der Waals surface area contributed by atoms with Gasteiger partial charge in [-0.15, -0.1) is 0 Å². The van der Waals surface area contributed by atoms with Gasteiger partial charge in [0, 0.05) is 17.1 Å². The van der Waals surface area contributed by atoms with E-state index in [0.717, 1.165) is 12.3 Å². The fraction of sp³-hybridized carbons (Fsp3) is 0.125. The predicted octanol–water partition coefficient (Wildman–Crippen LogP) is 5.03. The second-order valence-electron chi connectivity index (χ2n) is 5.53. The summed E-state index contributed by atoms with van der Waals surface area (Å²) in [4.78, 5) is 19.8. The van der Waals surface area contributed by atoms with Crippen LogP contribution in [-0.2, 0) is 12.4 Å². The Morgan fingerprint density at radius 2 is 1.59 bits per heavy atom. The van der Waals surface area contributed by atoms with Crippen LogP contribution in [0.15, 0.2) is 36.5 Å². The van der Waals surface area contributed by atoms with Crippen LogP contribution in [0.25, 0.3) is 11.5 Å². The molecule has 0 atom stereocenters. The Hall–Kier alpha value is -3.09. The molecule has 13 heteroatoms. The average Bonchev–Trinajstić information content (AvgIpc) is 3.09. The van der Waals surface area contributed by atoms with Gasteiger partial charge >= 0.3 is 12.4 Å². The number of aromatic nitrogens is 3. The Bertz CT molecular complexity index is 1010. The van der Waals surface area contributed by atoms with E-state index in [1.807, 2.05) is 0 Å². The molecule has 152 valence electrons. The average molecular weight is 436 g/mol. The summed E-state index contributed by atoms with van der Waals surface area (Å²) in [5.41, 5.74) is -3.94. The molecular weight excluding hydrogens is 429 g/mol. The summed E-state index contributed by atoms with van der Waals surface area (Å²) in [7, 11) is 0. The number of benzene rings is 1. The van der Waals surface area contributed by atoms with E-state index < -0.39 is 40.8 Å². The molecule has 29 heavy (non-hydrogen) atoms. The minimum atomic E-state index is -5.08. The van der Waals surface area contributed by atoms with Crippen molar-refractivity contribution in [2.75, 3.05) is 5.32 Å². The maximum Gasteiger partial charge on any atom is 0.416 e. The van der Waals surface area contributed by atoms with Crippen molar-refractivity contribution in [3.05, 3.63) is 59.0 Å². The Morgan fingerprint density at radius 3 is 2.10 bits per heavy atom. The van der Waals surface area contributed by atoms with E-state index in [2.05, 4.69) is 19.7 Å². The maximum absolute atomic E-state index is 12.9. The molecule has 2 aromatic heterocycles. The van der Waals surface area contributed by atoms with Crippen molar-refractivity contribution in [2.45, 2.75) is 12.4 Å². The molecular formula is C16H7F7N4OS. The summed E-state index contributed by atoms with van der Waals surface area (Å²) in [6.45, 7) is 0. The van der Waals surface area contributed by atoms with Gasteiger partial charge in [0.1, 0.15) is 11.5 Å². The van der Waals surface area contributed by atoms with Crippen LogP contribution >= 0.6 is 11.5 Å². The number of alkyl halides is 6. The first-order chi connectivity index (χ1) is 13.4. The van der Waals surface area contributed by atoms with E-state index in [1.165, 1.54) is 6.07 Å². The van der Waals surface area contributed by atoms with Crippen LogP contribution < -0.4 is 5.32 Å². The van der Waals surface area contributed by atoms with Gasteiger partial charge < -0.3 is 0 Å². The molecule has 0 aliphatic rings. The van der Waals surface area contributed by atoms with Crippen molar-refractivity contribution < 1.29 is 35.5 Å². The molecule has 0 unspecified atom stereocenters. The molecule has 5 nitrogen and oxygen atoms in total. The molecule has 0 saturated carbocycles. The second-order valence-corrected chi connectivity index (χ2v) is 6.29. The van der Waals surface area contributed by atoms with E-state index in [1.54, 1.807) is 0 Å². The topological polar surface area (TPSA) is 67.8 Å². The van der Waals surface area contributed by atoms with Gasteiger partial charge in [-0.25, -0.2) is 9.37 Å². The quantitative estimate of drug-likeness (QED) is 0.585. The van der Waals surface area contributed by atoms with Gasteiger partial charge in [0.05, 0.1) is 17.3 Å². The van der Waals surface area contributed by atoms with Crippen LogP contribution in [0.1, 0.15) is 21.5 Å². The third kappa shape index (κ3) is 4.85. The zero-order valence-electron chi connectivity index (χ0n) is 13.8. The Kier molecular flexibility index (Phi) is 5.26. The van der Waals surface area contributed by atoms with Gasteiger partial charge in [-0.05, 0) is 30.3 Å². The van der Waals surface area contributed by atoms with Crippen molar-refractivity contribution in [1.29, 1.82) is 0 Å². The van der Waals surface area contributed by atoms with E-state index >= 15 is 0 Å². The standard InChI is InChI=1S/C16H7F7N4OS/c17-10-1-2-11(24-6-10)12-25-14(29-27-12)26-13(28)7-3-8(15(18,19)20)5-9(4-7)16(21,22)23/h1-6H,(H,25,26,27,28). The first-order valence-corrected chi connectivity index (χ1v) is 8.27. The SMILES string of the molecule is O=C(Nc1nc(-c2ccc(F)cn2)ns1)c1cc(C(F)(F)F)cc(C(F)(F)F)c1. The van der Waals surface area contributed by atoms with Gasteiger partial charge in [-0.2, -0.15) is 35.7 Å². The number of anilines is 1. The largest absolute Gasteiger partial charge is 0.416 e. The number of nitrogens with one attached hydrogen (secondary N) is 1. The lowest BCUT2D eigenvalue weighted by Crippen LogP contribution is -2.17. The van der Waals surface area contributed by atoms with Crippen LogP contribution in [-0.4, -0.2) is 20.2 Å². The number of carbonyl (C=O) groups excluding carboxylic acids is 1. The van der Waals surface area contributed by atoms with Crippen molar-refractivity contribution in [2.24, 2.45) is 0 Å². The normalized spacial score (nSPS) is 12.1. The van der Waals surface area contributed by atoms with Gasteiger partial charge in [-0.1, -0.05) is 0 Å². The molecule has 1 N–H and O–H groups in total. The fourth-order valence-corrected chi connectivity index (χ4v) is 2.71. The van der Waals surface area contributed by atoms with Gasteiger partial charge in [0.15, 0.2) is 5.82 Å².